The monoisotopic (exact) mass is 606 g/mol. The van der Waals surface area contributed by atoms with Crippen molar-refractivity contribution >= 4 is 28.0 Å². The first-order valence-electron chi connectivity index (χ1n) is 15.8. The van der Waals surface area contributed by atoms with Crippen molar-refractivity contribution in [3.63, 3.8) is 0 Å². The summed E-state index contributed by atoms with van der Waals surface area (Å²) in [5, 5.41) is 11.1. The third-order valence-electron chi connectivity index (χ3n) is 10.2. The second-order valence-corrected chi connectivity index (χ2v) is 12.9. The molecule has 4 heterocycles. The SMILES string of the molecule is COc1ccc(-c2ccc3cc(-c4nc5cc(C(=O)N6CC7CCC6C7N)cc(OC)c5n4C)n(CC4CC4)c3n2)c(CO)c1. The molecule has 2 aliphatic carbocycles. The molecule has 2 aromatic carbocycles. The number of pyridine rings is 1. The van der Waals surface area contributed by atoms with E-state index in [0.717, 1.165) is 64.3 Å². The first kappa shape index (κ1) is 28.1. The molecule has 5 aromatic rings. The van der Waals surface area contributed by atoms with Gasteiger partial charge in [-0.05, 0) is 91.6 Å². The number of ether oxygens (including phenoxy) is 2. The highest BCUT2D eigenvalue weighted by Crippen LogP contribution is 2.40. The number of carbonyl (C=O) groups is 1. The normalized spacial score (nSPS) is 20.9. The number of carbonyl (C=O) groups excluding carboxylic acids is 1. The lowest BCUT2D eigenvalue weighted by Crippen LogP contribution is -2.41. The largest absolute Gasteiger partial charge is 0.497 e. The van der Waals surface area contributed by atoms with Gasteiger partial charge in [0.1, 0.15) is 22.7 Å². The Bertz CT molecular complexity index is 1970. The molecule has 10 nitrogen and oxygen atoms in total. The molecule has 0 radical (unpaired) electrons. The molecule has 3 N–H and O–H groups in total. The Kier molecular flexibility index (Phi) is 6.61. The maximum atomic E-state index is 13.7. The zero-order chi connectivity index (χ0) is 31.0. The quantitative estimate of drug-likeness (QED) is 0.262. The summed E-state index contributed by atoms with van der Waals surface area (Å²) >= 11 is 0. The summed E-state index contributed by atoms with van der Waals surface area (Å²) in [4.78, 5) is 26.0. The van der Waals surface area contributed by atoms with Crippen LogP contribution in [0.4, 0.5) is 0 Å². The molecule has 2 saturated carbocycles. The van der Waals surface area contributed by atoms with Crippen molar-refractivity contribution in [1.82, 2.24) is 24.0 Å². The fraction of sp³-hybridized carbons (Fsp3) is 0.400. The molecule has 1 amide bonds. The van der Waals surface area contributed by atoms with Crippen molar-refractivity contribution in [3.8, 4) is 34.3 Å². The van der Waals surface area contributed by atoms with Crippen LogP contribution in [0.5, 0.6) is 11.5 Å². The minimum Gasteiger partial charge on any atom is -0.497 e. The minimum absolute atomic E-state index is 0.00888. The summed E-state index contributed by atoms with van der Waals surface area (Å²) in [7, 11) is 5.25. The van der Waals surface area contributed by atoms with Gasteiger partial charge in [0.05, 0.1) is 37.7 Å². The van der Waals surface area contributed by atoms with Crippen LogP contribution in [0.15, 0.2) is 48.5 Å². The number of methoxy groups -OCH3 is 2. The molecule has 232 valence electrons. The Labute approximate surface area is 261 Å². The number of aliphatic hydroxyl groups is 1. The molecule has 3 atom stereocenters. The van der Waals surface area contributed by atoms with E-state index < -0.39 is 0 Å². The molecule has 3 fully saturated rings. The van der Waals surface area contributed by atoms with E-state index in [9.17, 15) is 9.90 Å². The lowest BCUT2D eigenvalue weighted by atomic mass is 10.0. The molecule has 3 unspecified atom stereocenters. The Morgan fingerprint density at radius 2 is 1.87 bits per heavy atom. The Hall–Kier alpha value is -4.41. The molecule has 8 rings (SSSR count). The molecule has 3 aromatic heterocycles. The summed E-state index contributed by atoms with van der Waals surface area (Å²) in [5.41, 5.74) is 12.8. The maximum absolute atomic E-state index is 13.7. The van der Waals surface area contributed by atoms with Gasteiger partial charge < -0.3 is 34.3 Å². The maximum Gasteiger partial charge on any atom is 0.254 e. The molecular formula is C35H38N6O4. The number of likely N-dealkylation sites (tertiary alicyclic amines) is 1. The number of nitrogens with zero attached hydrogens (tertiary/aromatic N) is 5. The number of hydrogen-bond acceptors (Lipinski definition) is 7. The van der Waals surface area contributed by atoms with Crippen molar-refractivity contribution in [2.75, 3.05) is 20.8 Å². The van der Waals surface area contributed by atoms with Gasteiger partial charge in [0.2, 0.25) is 0 Å². The summed E-state index contributed by atoms with van der Waals surface area (Å²) in [6.45, 7) is 1.44. The highest BCUT2D eigenvalue weighted by Gasteiger charge is 2.47. The highest BCUT2D eigenvalue weighted by atomic mass is 16.5. The lowest BCUT2D eigenvalue weighted by molar-refractivity contribution is 0.0700. The molecule has 1 aliphatic heterocycles. The van der Waals surface area contributed by atoms with Crippen LogP contribution >= 0.6 is 0 Å². The number of nitrogens with two attached hydrogens (primary N) is 1. The fourth-order valence-corrected chi connectivity index (χ4v) is 7.55. The number of aromatic nitrogens is 4. The van der Waals surface area contributed by atoms with Crippen molar-refractivity contribution in [3.05, 3.63) is 59.7 Å². The standard InChI is InChI=1S/C35H38N6O4/c1-39-32-27(13-22(15-30(32)45-3)35(43)41-17-21-7-11-28(41)31(21)36)38-34(39)29-14-20-6-10-26(37-33(20)40(29)16-19-4-5-19)25-9-8-24(44-2)12-23(25)18-42/h6,8-10,12-15,19,21,28,31,42H,4-5,7,11,16-18,36H2,1-3H3. The van der Waals surface area contributed by atoms with E-state index in [1.54, 1.807) is 14.2 Å². The smallest absolute Gasteiger partial charge is 0.254 e. The average molecular weight is 607 g/mol. The van der Waals surface area contributed by atoms with E-state index in [-0.39, 0.29) is 24.6 Å². The molecule has 1 saturated heterocycles. The zero-order valence-electron chi connectivity index (χ0n) is 25.9. The molecule has 10 heteroatoms. The van der Waals surface area contributed by atoms with Crippen LogP contribution in [0.2, 0.25) is 0 Å². The number of amides is 1. The van der Waals surface area contributed by atoms with Crippen LogP contribution in [0.1, 0.15) is 41.6 Å². The van der Waals surface area contributed by atoms with Crippen LogP contribution in [-0.2, 0) is 20.2 Å². The Balaban J connectivity index is 1.24. The predicted molar refractivity (Wildman–Crippen MR) is 172 cm³/mol. The zero-order valence-corrected chi connectivity index (χ0v) is 25.9. The van der Waals surface area contributed by atoms with Crippen LogP contribution in [0, 0.1) is 11.8 Å². The van der Waals surface area contributed by atoms with Crippen molar-refractivity contribution < 1.29 is 19.4 Å². The molecule has 3 aliphatic rings. The van der Waals surface area contributed by atoms with E-state index in [4.69, 9.17) is 25.2 Å². The Morgan fingerprint density at radius 3 is 2.56 bits per heavy atom. The third-order valence-corrected chi connectivity index (χ3v) is 10.2. The minimum atomic E-state index is -0.113. The molecule has 45 heavy (non-hydrogen) atoms. The first-order valence-corrected chi connectivity index (χ1v) is 15.8. The van der Waals surface area contributed by atoms with E-state index in [1.807, 2.05) is 48.3 Å². The van der Waals surface area contributed by atoms with Crippen molar-refractivity contribution in [2.45, 2.75) is 50.9 Å². The summed E-state index contributed by atoms with van der Waals surface area (Å²) < 4.78 is 15.6. The molecular weight excluding hydrogens is 568 g/mol. The van der Waals surface area contributed by atoms with Gasteiger partial charge in [-0.3, -0.25) is 4.79 Å². The van der Waals surface area contributed by atoms with Crippen LogP contribution in [-0.4, -0.2) is 67.9 Å². The number of aryl methyl sites for hydroxylation is 1. The number of fused-ring (bicyclic) bond motifs is 4. The van der Waals surface area contributed by atoms with Gasteiger partial charge >= 0.3 is 0 Å². The predicted octanol–water partition coefficient (Wildman–Crippen LogP) is 4.74. The second kappa shape index (κ2) is 10.6. The fourth-order valence-electron chi connectivity index (χ4n) is 7.55. The topological polar surface area (TPSA) is 121 Å². The van der Waals surface area contributed by atoms with Gasteiger partial charge in [0, 0.05) is 48.7 Å². The first-order chi connectivity index (χ1) is 21.9. The number of imidazole rings is 1. The number of hydrogen-bond donors (Lipinski definition) is 2. The number of aliphatic hydroxyl groups excluding tert-OH is 1. The van der Waals surface area contributed by atoms with Gasteiger partial charge in [-0.25, -0.2) is 9.97 Å². The number of piperidine rings is 1. The van der Waals surface area contributed by atoms with E-state index in [2.05, 4.69) is 21.3 Å². The van der Waals surface area contributed by atoms with Crippen LogP contribution in [0.25, 0.3) is 44.8 Å². The van der Waals surface area contributed by atoms with Gasteiger partial charge in [0.25, 0.3) is 5.91 Å². The highest BCUT2D eigenvalue weighted by molar-refractivity contribution is 6.00. The Morgan fingerprint density at radius 1 is 1.02 bits per heavy atom. The molecule has 0 spiro atoms. The third kappa shape index (κ3) is 4.49. The summed E-state index contributed by atoms with van der Waals surface area (Å²) in [6, 6.07) is 15.8. The second-order valence-electron chi connectivity index (χ2n) is 12.9. The van der Waals surface area contributed by atoms with Crippen LogP contribution in [0.3, 0.4) is 0 Å². The van der Waals surface area contributed by atoms with Crippen molar-refractivity contribution in [2.24, 2.45) is 24.6 Å². The number of rotatable bonds is 8. The van der Waals surface area contributed by atoms with E-state index in [0.29, 0.717) is 41.0 Å². The summed E-state index contributed by atoms with van der Waals surface area (Å²) in [5.74, 6) is 3.07. The average Bonchev–Trinajstić information content (AvgIpc) is 3.47. The summed E-state index contributed by atoms with van der Waals surface area (Å²) in [6.07, 6.45) is 4.44. The van der Waals surface area contributed by atoms with Gasteiger partial charge in [-0.1, -0.05) is 0 Å². The van der Waals surface area contributed by atoms with E-state index in [1.165, 1.54) is 12.8 Å². The van der Waals surface area contributed by atoms with E-state index >= 15 is 0 Å². The van der Waals surface area contributed by atoms with Crippen molar-refractivity contribution in [1.29, 1.82) is 0 Å². The van der Waals surface area contributed by atoms with Gasteiger partial charge in [-0.15, -0.1) is 0 Å². The molecule has 2 bridgehead atoms. The lowest BCUT2D eigenvalue weighted by Gasteiger charge is -2.27. The van der Waals surface area contributed by atoms with Crippen LogP contribution < -0.4 is 15.2 Å². The van der Waals surface area contributed by atoms with Gasteiger partial charge in [0.15, 0.2) is 5.82 Å². The number of benzene rings is 2. The van der Waals surface area contributed by atoms with Gasteiger partial charge in [-0.2, -0.15) is 0 Å².